The molecule has 1 heteroatoms. The van der Waals surface area contributed by atoms with E-state index in [-0.39, 0.29) is 11.7 Å². The minimum absolute atomic E-state index is 0.0847. The van der Waals surface area contributed by atoms with E-state index in [1.807, 2.05) is 26.0 Å². The molecule has 0 fully saturated rings. The van der Waals surface area contributed by atoms with Gasteiger partial charge in [0.1, 0.15) is 0 Å². The van der Waals surface area contributed by atoms with Crippen molar-refractivity contribution in [2.24, 2.45) is 11.8 Å². The van der Waals surface area contributed by atoms with Gasteiger partial charge in [0.15, 0.2) is 5.78 Å². The molecule has 0 heterocycles. The zero-order valence-electron chi connectivity index (χ0n) is 10.8. The maximum Gasteiger partial charge on any atom is 0.165 e. The van der Waals surface area contributed by atoms with Gasteiger partial charge in [0.25, 0.3) is 0 Å². The lowest BCUT2D eigenvalue weighted by molar-refractivity contribution is 0.0939. The molecule has 0 amide bonds. The Kier molecular flexibility index (Phi) is 4.72. The molecule has 0 aromatic heterocycles. The Morgan fingerprint density at radius 1 is 1.06 bits per heavy atom. The number of rotatable bonds is 5. The van der Waals surface area contributed by atoms with E-state index in [2.05, 4.69) is 26.0 Å². The first-order chi connectivity index (χ1) is 7.50. The van der Waals surface area contributed by atoms with Crippen LogP contribution in [-0.4, -0.2) is 5.78 Å². The van der Waals surface area contributed by atoms with Gasteiger partial charge >= 0.3 is 0 Å². The lowest BCUT2D eigenvalue weighted by Crippen LogP contribution is -2.07. The van der Waals surface area contributed by atoms with Crippen molar-refractivity contribution in [2.45, 2.75) is 40.5 Å². The fraction of sp³-hybridized carbons (Fsp3) is 0.533. The van der Waals surface area contributed by atoms with Gasteiger partial charge in [-0.3, -0.25) is 4.79 Å². The third-order valence-corrected chi connectivity index (χ3v) is 2.77. The average Bonchev–Trinajstić information content (AvgIpc) is 2.26. The van der Waals surface area contributed by atoms with Gasteiger partial charge < -0.3 is 0 Å². The van der Waals surface area contributed by atoms with Gasteiger partial charge in [-0.25, -0.2) is 0 Å². The number of hydrogen-bond acceptors (Lipinski definition) is 1. The standard InChI is InChI=1S/C15H22O/c1-11(2)5-6-13-7-9-14(10-8-13)15(16)12(3)4/h7-12H,5-6H2,1-4H3. The Balaban J connectivity index is 2.64. The molecule has 0 atom stereocenters. The first kappa shape index (κ1) is 13.0. The van der Waals surface area contributed by atoms with Crippen LogP contribution in [-0.2, 0) is 6.42 Å². The summed E-state index contributed by atoms with van der Waals surface area (Å²) < 4.78 is 0. The van der Waals surface area contributed by atoms with Crippen molar-refractivity contribution < 1.29 is 4.79 Å². The van der Waals surface area contributed by atoms with E-state index in [4.69, 9.17) is 0 Å². The van der Waals surface area contributed by atoms with Crippen LogP contribution >= 0.6 is 0 Å². The summed E-state index contributed by atoms with van der Waals surface area (Å²) in [6, 6.07) is 8.08. The molecule has 1 aromatic carbocycles. The highest BCUT2D eigenvalue weighted by atomic mass is 16.1. The summed E-state index contributed by atoms with van der Waals surface area (Å²) in [6.07, 6.45) is 2.31. The van der Waals surface area contributed by atoms with Gasteiger partial charge in [-0.1, -0.05) is 52.0 Å². The number of hydrogen-bond donors (Lipinski definition) is 0. The maximum absolute atomic E-state index is 11.7. The summed E-state index contributed by atoms with van der Waals surface area (Å²) in [5.41, 5.74) is 2.16. The fourth-order valence-corrected chi connectivity index (χ4v) is 1.62. The van der Waals surface area contributed by atoms with Gasteiger partial charge in [0.05, 0.1) is 0 Å². The van der Waals surface area contributed by atoms with Gasteiger partial charge in [0, 0.05) is 11.5 Å². The van der Waals surface area contributed by atoms with Crippen LogP contribution in [0.3, 0.4) is 0 Å². The van der Waals surface area contributed by atoms with Gasteiger partial charge in [0.2, 0.25) is 0 Å². The van der Waals surface area contributed by atoms with E-state index in [1.165, 1.54) is 12.0 Å². The molecular formula is C15H22O. The average molecular weight is 218 g/mol. The van der Waals surface area contributed by atoms with Crippen molar-refractivity contribution in [3.05, 3.63) is 35.4 Å². The summed E-state index contributed by atoms with van der Waals surface area (Å²) in [6.45, 7) is 8.34. The second-order valence-electron chi connectivity index (χ2n) is 5.15. The molecular weight excluding hydrogens is 196 g/mol. The number of carbonyl (C=O) groups is 1. The highest BCUT2D eigenvalue weighted by Gasteiger charge is 2.09. The normalized spacial score (nSPS) is 11.1. The van der Waals surface area contributed by atoms with Gasteiger partial charge in [-0.2, -0.15) is 0 Å². The van der Waals surface area contributed by atoms with Crippen LogP contribution in [0, 0.1) is 11.8 Å². The molecule has 0 bridgehead atoms. The molecule has 1 rings (SSSR count). The Bertz CT molecular complexity index is 333. The third kappa shape index (κ3) is 3.80. The highest BCUT2D eigenvalue weighted by Crippen LogP contribution is 2.13. The fourth-order valence-electron chi connectivity index (χ4n) is 1.62. The summed E-state index contributed by atoms with van der Waals surface area (Å²) in [5.74, 6) is 1.05. The molecule has 0 aliphatic carbocycles. The summed E-state index contributed by atoms with van der Waals surface area (Å²) >= 11 is 0. The molecule has 0 saturated heterocycles. The molecule has 16 heavy (non-hydrogen) atoms. The first-order valence-corrected chi connectivity index (χ1v) is 6.14. The van der Waals surface area contributed by atoms with Crippen molar-refractivity contribution >= 4 is 5.78 Å². The zero-order chi connectivity index (χ0) is 12.1. The summed E-state index contributed by atoms with van der Waals surface area (Å²) in [4.78, 5) is 11.7. The summed E-state index contributed by atoms with van der Waals surface area (Å²) in [7, 11) is 0. The highest BCUT2D eigenvalue weighted by molar-refractivity contribution is 5.97. The van der Waals surface area contributed by atoms with Crippen molar-refractivity contribution in [3.63, 3.8) is 0 Å². The van der Waals surface area contributed by atoms with E-state index in [9.17, 15) is 4.79 Å². The maximum atomic E-state index is 11.7. The third-order valence-electron chi connectivity index (χ3n) is 2.77. The van der Waals surface area contributed by atoms with E-state index in [0.717, 1.165) is 17.9 Å². The number of aryl methyl sites for hydroxylation is 1. The van der Waals surface area contributed by atoms with E-state index >= 15 is 0 Å². The minimum Gasteiger partial charge on any atom is -0.294 e. The van der Waals surface area contributed by atoms with Crippen LogP contribution in [0.15, 0.2) is 24.3 Å². The van der Waals surface area contributed by atoms with Crippen molar-refractivity contribution in [1.82, 2.24) is 0 Å². The monoisotopic (exact) mass is 218 g/mol. The lowest BCUT2D eigenvalue weighted by Gasteiger charge is -2.07. The van der Waals surface area contributed by atoms with Crippen LogP contribution in [0.4, 0.5) is 0 Å². The number of benzene rings is 1. The predicted octanol–water partition coefficient (Wildman–Crippen LogP) is 4.11. The first-order valence-electron chi connectivity index (χ1n) is 6.14. The molecule has 0 unspecified atom stereocenters. The topological polar surface area (TPSA) is 17.1 Å². The van der Waals surface area contributed by atoms with E-state index in [0.29, 0.717) is 0 Å². The SMILES string of the molecule is CC(C)CCc1ccc(C(=O)C(C)C)cc1. The van der Waals surface area contributed by atoms with Gasteiger partial charge in [-0.05, 0) is 24.3 Å². The minimum atomic E-state index is 0.0847. The Morgan fingerprint density at radius 3 is 2.06 bits per heavy atom. The number of Topliss-reactive ketones (excluding diaryl/α,β-unsaturated/α-hetero) is 1. The van der Waals surface area contributed by atoms with Crippen LogP contribution in [0.1, 0.15) is 50.0 Å². The molecule has 88 valence electrons. The van der Waals surface area contributed by atoms with Gasteiger partial charge in [-0.15, -0.1) is 0 Å². The Hall–Kier alpha value is -1.11. The quantitative estimate of drug-likeness (QED) is 0.680. The van der Waals surface area contributed by atoms with Crippen LogP contribution in [0.25, 0.3) is 0 Å². The van der Waals surface area contributed by atoms with Crippen molar-refractivity contribution in [3.8, 4) is 0 Å². The molecule has 0 radical (unpaired) electrons. The zero-order valence-corrected chi connectivity index (χ0v) is 10.8. The predicted molar refractivity (Wildman–Crippen MR) is 68.8 cm³/mol. The lowest BCUT2D eigenvalue weighted by atomic mass is 9.97. The number of carbonyl (C=O) groups excluding carboxylic acids is 1. The Labute approximate surface area is 98.9 Å². The molecule has 0 N–H and O–H groups in total. The molecule has 1 aromatic rings. The van der Waals surface area contributed by atoms with E-state index < -0.39 is 0 Å². The van der Waals surface area contributed by atoms with E-state index in [1.54, 1.807) is 0 Å². The molecule has 0 aliphatic rings. The molecule has 0 spiro atoms. The van der Waals surface area contributed by atoms with Crippen LogP contribution in [0.2, 0.25) is 0 Å². The largest absolute Gasteiger partial charge is 0.294 e. The Morgan fingerprint density at radius 2 is 1.62 bits per heavy atom. The molecule has 0 saturated carbocycles. The summed E-state index contributed by atoms with van der Waals surface area (Å²) in [5, 5.41) is 0. The van der Waals surface area contributed by atoms with Crippen LogP contribution in [0.5, 0.6) is 0 Å². The van der Waals surface area contributed by atoms with Crippen molar-refractivity contribution in [2.75, 3.05) is 0 Å². The van der Waals surface area contributed by atoms with Crippen LogP contribution < -0.4 is 0 Å². The molecule has 0 aliphatic heterocycles. The second kappa shape index (κ2) is 5.83. The molecule has 1 nitrogen and oxygen atoms in total. The number of ketones is 1. The second-order valence-corrected chi connectivity index (χ2v) is 5.15. The smallest absolute Gasteiger partial charge is 0.165 e. The van der Waals surface area contributed by atoms with Crippen molar-refractivity contribution in [1.29, 1.82) is 0 Å².